The Morgan fingerprint density at radius 2 is 1.95 bits per heavy atom. The quantitative estimate of drug-likeness (QED) is 0.709. The summed E-state index contributed by atoms with van der Waals surface area (Å²) < 4.78 is 0. The largest absolute Gasteiger partial charge is 0.292 e. The molecule has 1 aromatic rings. The van der Waals surface area contributed by atoms with E-state index in [1.54, 1.807) is 0 Å². The molecule has 1 saturated heterocycles. The van der Waals surface area contributed by atoms with Gasteiger partial charge in [0.15, 0.2) is 0 Å². The number of likely N-dealkylation sites (tertiary alicyclic amines) is 1. The van der Waals surface area contributed by atoms with Gasteiger partial charge in [0.2, 0.25) is 0 Å². The van der Waals surface area contributed by atoms with Crippen LogP contribution in [0.4, 0.5) is 0 Å². The average molecular weight is 336 g/mol. The maximum atomic E-state index is 4.01. The molecule has 2 bridgehead atoms. The van der Waals surface area contributed by atoms with Crippen LogP contribution in [0.3, 0.4) is 0 Å². The molecule has 1 unspecified atom stereocenters. The standard InChI is InChI=1S/C18H26BrN/c1-4-12(2)16-10-15-11-20(18(16)17(15)19)13(3)14-8-6-5-7-9-14/h5-9,12-13,15-18H,4,10-11H2,1-3H3/t12?,13-,15+,16+,17+,18+/m0/s1. The summed E-state index contributed by atoms with van der Waals surface area (Å²) in [6.07, 6.45) is 2.73. The number of fused-ring (bicyclic) bond motifs is 2. The molecule has 3 rings (SSSR count). The maximum Gasteiger partial charge on any atom is 0.0345 e. The molecule has 0 spiro atoms. The molecule has 20 heavy (non-hydrogen) atoms. The molecular formula is C18H26BrN. The Bertz CT molecular complexity index is 446. The summed E-state index contributed by atoms with van der Waals surface area (Å²) in [5, 5.41) is 0. The van der Waals surface area contributed by atoms with Gasteiger partial charge in [0.1, 0.15) is 0 Å². The van der Waals surface area contributed by atoms with Gasteiger partial charge in [-0.25, -0.2) is 0 Å². The van der Waals surface area contributed by atoms with E-state index < -0.39 is 0 Å². The van der Waals surface area contributed by atoms with Crippen LogP contribution < -0.4 is 0 Å². The summed E-state index contributed by atoms with van der Waals surface area (Å²) in [7, 11) is 0. The van der Waals surface area contributed by atoms with Crippen molar-refractivity contribution in [3.63, 3.8) is 0 Å². The van der Waals surface area contributed by atoms with Gasteiger partial charge in [0.25, 0.3) is 0 Å². The van der Waals surface area contributed by atoms with Gasteiger partial charge < -0.3 is 0 Å². The van der Waals surface area contributed by atoms with Gasteiger partial charge >= 0.3 is 0 Å². The number of hydrogen-bond donors (Lipinski definition) is 0. The molecule has 1 aliphatic heterocycles. The van der Waals surface area contributed by atoms with Gasteiger partial charge in [0, 0.05) is 23.5 Å². The van der Waals surface area contributed by atoms with Crippen LogP contribution in [0.15, 0.2) is 30.3 Å². The van der Waals surface area contributed by atoms with E-state index in [1.165, 1.54) is 24.9 Å². The first-order valence-corrected chi connectivity index (χ1v) is 8.99. The molecule has 2 heteroatoms. The number of benzene rings is 1. The number of piperidine rings is 1. The molecule has 0 aromatic heterocycles. The third-order valence-electron chi connectivity index (χ3n) is 5.77. The van der Waals surface area contributed by atoms with Crippen LogP contribution in [0, 0.1) is 17.8 Å². The molecule has 110 valence electrons. The monoisotopic (exact) mass is 335 g/mol. The van der Waals surface area contributed by atoms with E-state index in [4.69, 9.17) is 0 Å². The highest BCUT2D eigenvalue weighted by Crippen LogP contribution is 2.51. The second-order valence-corrected chi connectivity index (χ2v) is 7.82. The van der Waals surface area contributed by atoms with Crippen LogP contribution in [0.5, 0.6) is 0 Å². The number of halogens is 1. The van der Waals surface area contributed by atoms with Crippen molar-refractivity contribution in [3.8, 4) is 0 Å². The smallest absolute Gasteiger partial charge is 0.0345 e. The van der Waals surface area contributed by atoms with Gasteiger partial charge in [-0.1, -0.05) is 66.5 Å². The Kier molecular flexibility index (Phi) is 4.24. The predicted octanol–water partition coefficient (Wildman–Crippen LogP) is 4.88. The highest BCUT2D eigenvalue weighted by atomic mass is 79.9. The van der Waals surface area contributed by atoms with Gasteiger partial charge in [0.05, 0.1) is 0 Å². The molecule has 0 radical (unpaired) electrons. The number of hydrogen-bond acceptors (Lipinski definition) is 1. The van der Waals surface area contributed by atoms with Crippen LogP contribution in [0.2, 0.25) is 0 Å². The van der Waals surface area contributed by atoms with Crippen molar-refractivity contribution in [2.24, 2.45) is 17.8 Å². The molecule has 1 aromatic carbocycles. The van der Waals surface area contributed by atoms with E-state index in [1.807, 2.05) is 0 Å². The van der Waals surface area contributed by atoms with Gasteiger partial charge in [-0.3, -0.25) is 4.90 Å². The highest BCUT2D eigenvalue weighted by Gasteiger charge is 2.53. The van der Waals surface area contributed by atoms with E-state index in [9.17, 15) is 0 Å². The summed E-state index contributed by atoms with van der Waals surface area (Å²) >= 11 is 4.01. The lowest BCUT2D eigenvalue weighted by molar-refractivity contribution is 0.0882. The summed E-state index contributed by atoms with van der Waals surface area (Å²) in [6.45, 7) is 8.42. The Morgan fingerprint density at radius 1 is 1.25 bits per heavy atom. The van der Waals surface area contributed by atoms with Crippen molar-refractivity contribution in [1.82, 2.24) is 4.90 Å². The zero-order valence-electron chi connectivity index (χ0n) is 12.8. The second-order valence-electron chi connectivity index (χ2n) is 6.76. The van der Waals surface area contributed by atoms with Crippen LogP contribution >= 0.6 is 15.9 Å². The molecular weight excluding hydrogens is 310 g/mol. The average Bonchev–Trinajstić information content (AvgIpc) is 2.99. The lowest BCUT2D eigenvalue weighted by Gasteiger charge is -2.40. The molecule has 1 heterocycles. The summed E-state index contributed by atoms with van der Waals surface area (Å²) in [6, 6.07) is 12.3. The topological polar surface area (TPSA) is 3.24 Å². The van der Waals surface area contributed by atoms with E-state index in [-0.39, 0.29) is 0 Å². The molecule has 2 aliphatic rings. The SMILES string of the molecule is CCC(C)[C@H]1C[C@@H]2CN([C@@H](C)c3ccccc3)[C@H]1[C@@H]2Br. The van der Waals surface area contributed by atoms with Crippen molar-refractivity contribution in [2.45, 2.75) is 50.5 Å². The van der Waals surface area contributed by atoms with E-state index in [2.05, 4.69) is 71.9 Å². The molecule has 1 aliphatic carbocycles. The third kappa shape index (κ3) is 2.35. The first-order chi connectivity index (χ1) is 9.63. The molecule has 0 N–H and O–H groups in total. The minimum absolute atomic E-state index is 0.540. The van der Waals surface area contributed by atoms with Crippen LogP contribution in [0.25, 0.3) is 0 Å². The minimum Gasteiger partial charge on any atom is -0.292 e. The number of rotatable bonds is 4. The first kappa shape index (κ1) is 14.6. The molecule has 6 atom stereocenters. The predicted molar refractivity (Wildman–Crippen MR) is 89.1 cm³/mol. The molecule has 2 fully saturated rings. The Hall–Kier alpha value is -0.340. The fraction of sp³-hybridized carbons (Fsp3) is 0.667. The van der Waals surface area contributed by atoms with E-state index >= 15 is 0 Å². The second kappa shape index (κ2) is 5.81. The maximum absolute atomic E-state index is 4.01. The van der Waals surface area contributed by atoms with Crippen molar-refractivity contribution in [3.05, 3.63) is 35.9 Å². The van der Waals surface area contributed by atoms with E-state index in [0.29, 0.717) is 10.9 Å². The third-order valence-corrected chi connectivity index (χ3v) is 7.06. The zero-order chi connectivity index (χ0) is 14.3. The van der Waals surface area contributed by atoms with Crippen molar-refractivity contribution >= 4 is 15.9 Å². The Morgan fingerprint density at radius 3 is 2.55 bits per heavy atom. The molecule has 0 amide bonds. The normalized spacial score (nSPS) is 36.2. The Labute approximate surface area is 131 Å². The van der Waals surface area contributed by atoms with Crippen molar-refractivity contribution in [1.29, 1.82) is 0 Å². The summed E-state index contributed by atoms with van der Waals surface area (Å²) in [4.78, 5) is 3.47. The van der Waals surface area contributed by atoms with Crippen LogP contribution in [-0.4, -0.2) is 22.3 Å². The number of alkyl halides is 1. The molecule has 1 nitrogen and oxygen atoms in total. The first-order valence-electron chi connectivity index (χ1n) is 8.08. The lowest BCUT2D eigenvalue weighted by Crippen LogP contribution is -2.43. The van der Waals surface area contributed by atoms with Crippen LogP contribution in [-0.2, 0) is 0 Å². The van der Waals surface area contributed by atoms with Crippen molar-refractivity contribution < 1.29 is 0 Å². The Balaban J connectivity index is 1.81. The van der Waals surface area contributed by atoms with Crippen molar-refractivity contribution in [2.75, 3.05) is 6.54 Å². The van der Waals surface area contributed by atoms with Gasteiger partial charge in [-0.2, -0.15) is 0 Å². The lowest BCUT2D eigenvalue weighted by atomic mass is 9.84. The fourth-order valence-corrected chi connectivity index (χ4v) is 5.42. The summed E-state index contributed by atoms with van der Waals surface area (Å²) in [5.41, 5.74) is 1.46. The van der Waals surface area contributed by atoms with Gasteiger partial charge in [-0.05, 0) is 36.7 Å². The minimum atomic E-state index is 0.540. The van der Waals surface area contributed by atoms with Gasteiger partial charge in [-0.15, -0.1) is 0 Å². The zero-order valence-corrected chi connectivity index (χ0v) is 14.4. The highest BCUT2D eigenvalue weighted by molar-refractivity contribution is 9.09. The summed E-state index contributed by atoms with van der Waals surface area (Å²) in [5.74, 6) is 2.57. The van der Waals surface area contributed by atoms with Crippen LogP contribution in [0.1, 0.15) is 45.2 Å². The number of nitrogens with zero attached hydrogens (tertiary/aromatic N) is 1. The van der Waals surface area contributed by atoms with E-state index in [0.717, 1.165) is 23.8 Å². The fourth-order valence-electron chi connectivity index (χ4n) is 4.34. The molecule has 1 saturated carbocycles.